The van der Waals surface area contributed by atoms with Crippen LogP contribution >= 0.6 is 0 Å². The molecule has 0 saturated carbocycles. The molecule has 0 radical (unpaired) electrons. The smallest absolute Gasteiger partial charge is 0.407 e. The van der Waals surface area contributed by atoms with E-state index in [0.717, 1.165) is 22.3 Å². The first-order chi connectivity index (χ1) is 16.2. The van der Waals surface area contributed by atoms with E-state index in [1.54, 1.807) is 20.8 Å². The molecule has 2 aromatic carbocycles. The van der Waals surface area contributed by atoms with Gasteiger partial charge in [-0.05, 0) is 62.3 Å². The molecule has 34 heavy (non-hydrogen) atoms. The maximum atomic E-state index is 12.7. The lowest BCUT2D eigenvalue weighted by atomic mass is 9.98. The van der Waals surface area contributed by atoms with Gasteiger partial charge >= 0.3 is 12.1 Å². The Kier molecular flexibility index (Phi) is 8.31. The highest BCUT2D eigenvalue weighted by molar-refractivity contribution is 5.82. The van der Waals surface area contributed by atoms with Gasteiger partial charge in [-0.1, -0.05) is 48.5 Å². The summed E-state index contributed by atoms with van der Waals surface area (Å²) in [5, 5.41) is 5.42. The molecule has 0 aliphatic heterocycles. The Morgan fingerprint density at radius 2 is 1.53 bits per heavy atom. The maximum absolute atomic E-state index is 12.7. The van der Waals surface area contributed by atoms with Gasteiger partial charge in [0.05, 0.1) is 0 Å². The Morgan fingerprint density at radius 3 is 2.09 bits per heavy atom. The molecule has 0 fully saturated rings. The van der Waals surface area contributed by atoms with E-state index in [0.29, 0.717) is 25.8 Å². The van der Waals surface area contributed by atoms with Crippen molar-refractivity contribution in [2.45, 2.75) is 64.5 Å². The molecule has 2 aromatic rings. The summed E-state index contributed by atoms with van der Waals surface area (Å²) in [6.45, 7) is 7.50. The number of benzene rings is 2. The lowest BCUT2D eigenvalue weighted by molar-refractivity contribution is -0.157. The topological polar surface area (TPSA) is 93.7 Å². The third-order valence-electron chi connectivity index (χ3n) is 5.62. The van der Waals surface area contributed by atoms with Crippen molar-refractivity contribution in [2.24, 2.45) is 0 Å². The van der Waals surface area contributed by atoms with Gasteiger partial charge in [-0.25, -0.2) is 9.59 Å². The van der Waals surface area contributed by atoms with Gasteiger partial charge in [0.25, 0.3) is 0 Å². The van der Waals surface area contributed by atoms with E-state index in [4.69, 9.17) is 9.47 Å². The molecule has 0 saturated heterocycles. The second-order valence-electron chi connectivity index (χ2n) is 9.53. The minimum absolute atomic E-state index is 0.0595. The molecule has 0 unspecified atom stereocenters. The highest BCUT2D eigenvalue weighted by atomic mass is 16.6. The molecular weight excluding hydrogens is 432 g/mol. The molecule has 0 bridgehead atoms. The Hall–Kier alpha value is -3.35. The number of alkyl carbamates (subject to hydrolysis) is 1. The van der Waals surface area contributed by atoms with Crippen molar-refractivity contribution in [2.75, 3.05) is 13.2 Å². The van der Waals surface area contributed by atoms with E-state index in [-0.39, 0.29) is 18.4 Å². The third-order valence-corrected chi connectivity index (χ3v) is 5.62. The van der Waals surface area contributed by atoms with Gasteiger partial charge in [0.15, 0.2) is 0 Å². The predicted octanol–water partition coefficient (Wildman–Crippen LogP) is 4.54. The van der Waals surface area contributed by atoms with E-state index >= 15 is 0 Å². The summed E-state index contributed by atoms with van der Waals surface area (Å²) in [5.74, 6) is -0.656. The zero-order chi connectivity index (χ0) is 24.7. The molecule has 1 aliphatic rings. The predicted molar refractivity (Wildman–Crippen MR) is 130 cm³/mol. The molecule has 1 aliphatic carbocycles. The number of hydrogen-bond acceptors (Lipinski definition) is 5. The zero-order valence-electron chi connectivity index (χ0n) is 20.4. The normalized spacial score (nSPS) is 13.4. The number of esters is 1. The van der Waals surface area contributed by atoms with E-state index in [2.05, 4.69) is 34.9 Å². The van der Waals surface area contributed by atoms with Crippen molar-refractivity contribution in [1.29, 1.82) is 0 Å². The molecule has 0 aromatic heterocycles. The standard InChI is InChI=1S/C27H34N2O5/c1-18(30)28-16-10-9-15-24(25(31)34-27(2,3)4)29-26(32)33-17-23-21-13-7-5-11-19(21)20-12-6-8-14-22(20)23/h5-8,11-14,23-24H,9-10,15-17H2,1-4H3,(H,28,30)(H,29,32)/t24-/m0/s1. The van der Waals surface area contributed by atoms with Crippen LogP contribution in [-0.4, -0.2) is 42.8 Å². The number of carbonyl (C=O) groups is 3. The van der Waals surface area contributed by atoms with Gasteiger partial charge in [-0.15, -0.1) is 0 Å². The van der Waals surface area contributed by atoms with E-state index in [9.17, 15) is 14.4 Å². The number of fused-ring (bicyclic) bond motifs is 3. The number of ether oxygens (including phenoxy) is 2. The average molecular weight is 467 g/mol. The van der Waals surface area contributed by atoms with Gasteiger partial charge in [-0.2, -0.15) is 0 Å². The minimum atomic E-state index is -0.827. The fraction of sp³-hybridized carbons (Fsp3) is 0.444. The molecule has 0 heterocycles. The van der Waals surface area contributed by atoms with Crippen LogP contribution in [0.2, 0.25) is 0 Å². The summed E-state index contributed by atoms with van der Waals surface area (Å²) in [6.07, 6.45) is 1.05. The van der Waals surface area contributed by atoms with Crippen molar-refractivity contribution in [3.05, 3.63) is 59.7 Å². The number of unbranched alkanes of at least 4 members (excludes halogenated alkanes) is 1. The first-order valence-electron chi connectivity index (χ1n) is 11.7. The van der Waals surface area contributed by atoms with Crippen LogP contribution in [0.3, 0.4) is 0 Å². The Morgan fingerprint density at radius 1 is 0.941 bits per heavy atom. The van der Waals surface area contributed by atoms with Gasteiger partial charge in [-0.3, -0.25) is 4.79 Å². The van der Waals surface area contributed by atoms with Crippen LogP contribution in [0, 0.1) is 0 Å². The Labute approximate surface area is 201 Å². The second-order valence-corrected chi connectivity index (χ2v) is 9.53. The monoisotopic (exact) mass is 466 g/mol. The first-order valence-corrected chi connectivity index (χ1v) is 11.7. The number of rotatable bonds is 9. The molecule has 7 nitrogen and oxygen atoms in total. The highest BCUT2D eigenvalue weighted by Crippen LogP contribution is 2.44. The third kappa shape index (κ3) is 6.83. The first kappa shape index (κ1) is 25.3. The van der Waals surface area contributed by atoms with Crippen LogP contribution in [0.15, 0.2) is 48.5 Å². The van der Waals surface area contributed by atoms with E-state index in [1.807, 2.05) is 24.3 Å². The SMILES string of the molecule is CC(=O)NCCCC[C@H](NC(=O)OCC1c2ccccc2-c2ccccc21)C(=O)OC(C)(C)C. The highest BCUT2D eigenvalue weighted by Gasteiger charge is 2.30. The molecule has 3 rings (SSSR count). The van der Waals surface area contributed by atoms with Crippen LogP contribution in [0.4, 0.5) is 4.79 Å². The molecule has 2 N–H and O–H groups in total. The molecular formula is C27H34N2O5. The minimum Gasteiger partial charge on any atom is -0.458 e. The van der Waals surface area contributed by atoms with Crippen LogP contribution in [0.25, 0.3) is 11.1 Å². The summed E-state index contributed by atoms with van der Waals surface area (Å²) >= 11 is 0. The summed E-state index contributed by atoms with van der Waals surface area (Å²) in [7, 11) is 0. The molecule has 1 atom stereocenters. The molecule has 0 spiro atoms. The quantitative estimate of drug-likeness (QED) is 0.418. The maximum Gasteiger partial charge on any atom is 0.407 e. The van der Waals surface area contributed by atoms with Crippen LogP contribution in [-0.2, 0) is 19.1 Å². The lowest BCUT2D eigenvalue weighted by Gasteiger charge is -2.24. The largest absolute Gasteiger partial charge is 0.458 e. The number of hydrogen-bond donors (Lipinski definition) is 2. The van der Waals surface area contributed by atoms with Crippen molar-refractivity contribution in [3.63, 3.8) is 0 Å². The summed E-state index contributed by atoms with van der Waals surface area (Å²) in [5.41, 5.74) is 3.88. The van der Waals surface area contributed by atoms with Crippen molar-refractivity contribution in [3.8, 4) is 11.1 Å². The lowest BCUT2D eigenvalue weighted by Crippen LogP contribution is -2.44. The molecule has 182 valence electrons. The Bertz CT molecular complexity index is 982. The van der Waals surface area contributed by atoms with Gasteiger partial charge in [0, 0.05) is 19.4 Å². The summed E-state index contributed by atoms with van der Waals surface area (Å²) in [6, 6.07) is 15.4. The summed E-state index contributed by atoms with van der Waals surface area (Å²) < 4.78 is 11.1. The second kappa shape index (κ2) is 11.2. The van der Waals surface area contributed by atoms with E-state index in [1.165, 1.54) is 6.92 Å². The zero-order valence-corrected chi connectivity index (χ0v) is 20.4. The fourth-order valence-corrected chi connectivity index (χ4v) is 4.14. The van der Waals surface area contributed by atoms with Crippen LogP contribution in [0.5, 0.6) is 0 Å². The van der Waals surface area contributed by atoms with Crippen LogP contribution in [0.1, 0.15) is 64.0 Å². The van der Waals surface area contributed by atoms with Crippen molar-refractivity contribution >= 4 is 18.0 Å². The van der Waals surface area contributed by atoms with Gasteiger partial charge < -0.3 is 20.1 Å². The number of amides is 2. The van der Waals surface area contributed by atoms with E-state index < -0.39 is 23.7 Å². The van der Waals surface area contributed by atoms with Gasteiger partial charge in [0.1, 0.15) is 18.2 Å². The molecule has 7 heteroatoms. The fourth-order valence-electron chi connectivity index (χ4n) is 4.14. The number of nitrogens with one attached hydrogen (secondary N) is 2. The van der Waals surface area contributed by atoms with Gasteiger partial charge in [0.2, 0.25) is 5.91 Å². The summed E-state index contributed by atoms with van der Waals surface area (Å²) in [4.78, 5) is 36.4. The van der Waals surface area contributed by atoms with Crippen molar-refractivity contribution < 1.29 is 23.9 Å². The molecule has 2 amide bonds. The average Bonchev–Trinajstić information content (AvgIpc) is 3.09. The van der Waals surface area contributed by atoms with Crippen molar-refractivity contribution in [1.82, 2.24) is 10.6 Å². The number of carbonyl (C=O) groups excluding carboxylic acids is 3. The van der Waals surface area contributed by atoms with Crippen LogP contribution < -0.4 is 10.6 Å². The Balaban J connectivity index is 1.61.